The van der Waals surface area contributed by atoms with Gasteiger partial charge in [0.25, 0.3) is 5.91 Å². The fourth-order valence-corrected chi connectivity index (χ4v) is 2.70. The number of nitrogens with zero attached hydrogens (tertiary/aromatic N) is 1. The highest BCUT2D eigenvalue weighted by Crippen LogP contribution is 2.32. The number of carbonyl (C=O) groups is 2. The number of thioether (sulfide) groups is 1. The van der Waals surface area contributed by atoms with Gasteiger partial charge in [0, 0.05) is 11.1 Å². The zero-order chi connectivity index (χ0) is 20.2. The van der Waals surface area contributed by atoms with Crippen molar-refractivity contribution in [2.45, 2.75) is 11.1 Å². The van der Waals surface area contributed by atoms with E-state index in [4.69, 9.17) is 27.9 Å². The van der Waals surface area contributed by atoms with E-state index in [-0.39, 0.29) is 16.4 Å². The van der Waals surface area contributed by atoms with Crippen LogP contribution in [0.1, 0.15) is 15.9 Å². The van der Waals surface area contributed by atoms with Crippen LogP contribution in [-0.2, 0) is 15.7 Å². The van der Waals surface area contributed by atoms with E-state index in [1.807, 2.05) is 6.26 Å². The van der Waals surface area contributed by atoms with Gasteiger partial charge >= 0.3 is 12.1 Å². The molecular formula is C16H11Cl2F3N2O3S. The molecule has 0 spiro atoms. The number of alkyl halides is 3. The number of rotatable bonds is 5. The van der Waals surface area contributed by atoms with Crippen LogP contribution >= 0.6 is 35.0 Å². The van der Waals surface area contributed by atoms with E-state index in [2.05, 4.69) is 10.3 Å². The zero-order valence-electron chi connectivity index (χ0n) is 13.6. The minimum atomic E-state index is -4.61. The molecule has 27 heavy (non-hydrogen) atoms. The molecule has 1 amide bonds. The van der Waals surface area contributed by atoms with Crippen molar-refractivity contribution in [2.75, 3.05) is 18.2 Å². The van der Waals surface area contributed by atoms with Crippen molar-refractivity contribution in [1.82, 2.24) is 4.98 Å². The van der Waals surface area contributed by atoms with Gasteiger partial charge in [0.15, 0.2) is 12.4 Å². The molecule has 0 bridgehead atoms. The van der Waals surface area contributed by atoms with Crippen molar-refractivity contribution < 1.29 is 27.5 Å². The average molecular weight is 439 g/mol. The van der Waals surface area contributed by atoms with Crippen molar-refractivity contribution in [3.63, 3.8) is 0 Å². The first-order chi connectivity index (χ1) is 12.6. The van der Waals surface area contributed by atoms with Crippen LogP contribution in [0.4, 0.5) is 19.0 Å². The van der Waals surface area contributed by atoms with Crippen molar-refractivity contribution in [3.05, 3.63) is 51.6 Å². The average Bonchev–Trinajstić information content (AvgIpc) is 2.61. The lowest BCUT2D eigenvalue weighted by molar-refractivity contribution is -0.137. The molecule has 2 aromatic rings. The van der Waals surface area contributed by atoms with Gasteiger partial charge in [0.2, 0.25) is 0 Å². The summed E-state index contributed by atoms with van der Waals surface area (Å²) in [4.78, 5) is 28.1. The molecule has 1 aromatic heterocycles. The standard InChI is InChI=1S/C16H11Cl2F3N2O3S/c1-27-9-2-3-11(17)10(5-9)15(25)26-7-13(24)23-14-12(18)4-8(6-22-14)16(19,20)21/h2-6H,7H2,1H3,(H,22,23,24). The maximum absolute atomic E-state index is 12.6. The van der Waals surface area contributed by atoms with E-state index in [1.165, 1.54) is 23.9 Å². The number of hydrogen-bond acceptors (Lipinski definition) is 5. The SMILES string of the molecule is CSc1ccc(Cl)c(C(=O)OCC(=O)Nc2ncc(C(F)(F)F)cc2Cl)c1. The third-order valence-corrected chi connectivity index (χ3v) is 4.50. The molecule has 0 aliphatic heterocycles. The molecule has 0 radical (unpaired) electrons. The topological polar surface area (TPSA) is 68.3 Å². The number of amides is 1. The molecule has 0 fully saturated rings. The summed E-state index contributed by atoms with van der Waals surface area (Å²) in [5, 5.41) is 1.92. The Morgan fingerprint density at radius 3 is 2.52 bits per heavy atom. The second kappa shape index (κ2) is 8.81. The molecular weight excluding hydrogens is 428 g/mol. The van der Waals surface area contributed by atoms with Gasteiger partial charge < -0.3 is 10.1 Å². The number of aromatic nitrogens is 1. The fraction of sp³-hybridized carbons (Fsp3) is 0.188. The van der Waals surface area contributed by atoms with Gasteiger partial charge in [-0.2, -0.15) is 13.2 Å². The summed E-state index contributed by atoms with van der Waals surface area (Å²) in [7, 11) is 0. The van der Waals surface area contributed by atoms with Crippen molar-refractivity contribution in [3.8, 4) is 0 Å². The molecule has 0 saturated heterocycles. The minimum Gasteiger partial charge on any atom is -0.452 e. The van der Waals surface area contributed by atoms with E-state index < -0.39 is 35.2 Å². The number of halogens is 5. The van der Waals surface area contributed by atoms with Crippen LogP contribution in [0.2, 0.25) is 10.0 Å². The van der Waals surface area contributed by atoms with Crippen LogP contribution in [0.25, 0.3) is 0 Å². The van der Waals surface area contributed by atoms with Crippen LogP contribution in [0.5, 0.6) is 0 Å². The molecule has 0 saturated carbocycles. The Balaban J connectivity index is 1.99. The molecule has 0 aliphatic carbocycles. The lowest BCUT2D eigenvalue weighted by atomic mass is 10.2. The van der Waals surface area contributed by atoms with Crippen LogP contribution in [0.3, 0.4) is 0 Å². The number of ether oxygens (including phenoxy) is 1. The van der Waals surface area contributed by atoms with Crippen LogP contribution in [0, 0.1) is 0 Å². The summed E-state index contributed by atoms with van der Waals surface area (Å²) >= 11 is 13.0. The van der Waals surface area contributed by atoms with E-state index >= 15 is 0 Å². The number of benzene rings is 1. The van der Waals surface area contributed by atoms with Crippen molar-refractivity contribution in [1.29, 1.82) is 0 Å². The smallest absolute Gasteiger partial charge is 0.417 e. The highest BCUT2D eigenvalue weighted by Gasteiger charge is 2.31. The Morgan fingerprint density at radius 1 is 1.22 bits per heavy atom. The largest absolute Gasteiger partial charge is 0.452 e. The summed E-state index contributed by atoms with van der Waals surface area (Å²) < 4.78 is 42.6. The maximum Gasteiger partial charge on any atom is 0.417 e. The molecule has 2 rings (SSSR count). The fourth-order valence-electron chi connectivity index (χ4n) is 1.85. The van der Waals surface area contributed by atoms with Crippen molar-refractivity contribution >= 4 is 52.7 Å². The molecule has 5 nitrogen and oxygen atoms in total. The molecule has 1 N–H and O–H groups in total. The Labute approximate surface area is 166 Å². The monoisotopic (exact) mass is 438 g/mol. The Hall–Kier alpha value is -1.97. The highest BCUT2D eigenvalue weighted by atomic mass is 35.5. The minimum absolute atomic E-state index is 0.0852. The first-order valence-electron chi connectivity index (χ1n) is 7.15. The normalized spacial score (nSPS) is 11.2. The molecule has 1 heterocycles. The van der Waals surface area contributed by atoms with Gasteiger partial charge in [-0.3, -0.25) is 4.79 Å². The molecule has 0 atom stereocenters. The molecule has 0 aliphatic rings. The summed E-state index contributed by atoms with van der Waals surface area (Å²) in [6, 6.07) is 5.39. The number of hydrogen-bond donors (Lipinski definition) is 1. The maximum atomic E-state index is 12.6. The van der Waals surface area contributed by atoms with Gasteiger partial charge in [-0.15, -0.1) is 11.8 Å². The summed E-state index contributed by atoms with van der Waals surface area (Å²) in [6.07, 6.45) is -2.27. The number of nitrogens with one attached hydrogen (secondary N) is 1. The predicted octanol–water partition coefficient (Wildman–Crippen LogP) is 4.92. The summed E-state index contributed by atoms with van der Waals surface area (Å²) in [5.41, 5.74) is -0.970. The zero-order valence-corrected chi connectivity index (χ0v) is 15.9. The van der Waals surface area contributed by atoms with Crippen LogP contribution in [-0.4, -0.2) is 29.7 Å². The Morgan fingerprint density at radius 2 is 1.93 bits per heavy atom. The highest BCUT2D eigenvalue weighted by molar-refractivity contribution is 7.98. The van der Waals surface area contributed by atoms with Gasteiger partial charge in [-0.25, -0.2) is 9.78 Å². The quantitative estimate of drug-likeness (QED) is 0.529. The van der Waals surface area contributed by atoms with Crippen LogP contribution in [0.15, 0.2) is 35.4 Å². The van der Waals surface area contributed by atoms with Crippen molar-refractivity contribution in [2.24, 2.45) is 0 Å². The van der Waals surface area contributed by atoms with E-state index in [1.54, 1.807) is 6.07 Å². The Kier molecular flexibility index (Phi) is 6.96. The number of carbonyl (C=O) groups excluding carboxylic acids is 2. The second-order valence-corrected chi connectivity index (χ2v) is 6.72. The lowest BCUT2D eigenvalue weighted by Gasteiger charge is -2.11. The third-order valence-electron chi connectivity index (χ3n) is 3.15. The first kappa shape index (κ1) is 21.3. The predicted molar refractivity (Wildman–Crippen MR) is 96.4 cm³/mol. The molecule has 0 unspecified atom stereocenters. The first-order valence-corrected chi connectivity index (χ1v) is 9.13. The molecule has 144 valence electrons. The molecule has 11 heteroatoms. The van der Waals surface area contributed by atoms with Gasteiger partial charge in [-0.1, -0.05) is 23.2 Å². The number of anilines is 1. The number of pyridine rings is 1. The number of esters is 1. The van der Waals surface area contributed by atoms with Gasteiger partial charge in [-0.05, 0) is 30.5 Å². The lowest BCUT2D eigenvalue weighted by Crippen LogP contribution is -2.22. The summed E-state index contributed by atoms with van der Waals surface area (Å²) in [5.74, 6) is -1.93. The van der Waals surface area contributed by atoms with E-state index in [0.717, 1.165) is 4.90 Å². The van der Waals surface area contributed by atoms with E-state index in [0.29, 0.717) is 12.3 Å². The third kappa shape index (κ3) is 5.75. The van der Waals surface area contributed by atoms with Gasteiger partial charge in [0.1, 0.15) is 0 Å². The van der Waals surface area contributed by atoms with E-state index in [9.17, 15) is 22.8 Å². The van der Waals surface area contributed by atoms with Gasteiger partial charge in [0.05, 0.1) is 21.2 Å². The molecule has 1 aromatic carbocycles. The summed E-state index contributed by atoms with van der Waals surface area (Å²) in [6.45, 7) is -0.697. The van der Waals surface area contributed by atoms with Crippen LogP contribution < -0.4 is 5.32 Å². The second-order valence-electron chi connectivity index (χ2n) is 5.02. The Bertz CT molecular complexity index is 878.